The van der Waals surface area contributed by atoms with Crippen LogP contribution in [0.1, 0.15) is 19.3 Å². The zero-order chi connectivity index (χ0) is 12.2. The van der Waals surface area contributed by atoms with Gasteiger partial charge >= 0.3 is 0 Å². The molecule has 2 aromatic rings. The van der Waals surface area contributed by atoms with Crippen molar-refractivity contribution >= 4 is 5.65 Å². The predicted molar refractivity (Wildman–Crippen MR) is 64.4 cm³/mol. The molecule has 2 aromatic heterocycles. The van der Waals surface area contributed by atoms with Gasteiger partial charge in [0.05, 0.1) is 6.61 Å². The van der Waals surface area contributed by atoms with Gasteiger partial charge in [-0.05, 0) is 48.8 Å². The summed E-state index contributed by atoms with van der Waals surface area (Å²) in [7, 11) is 0. The van der Waals surface area contributed by atoms with Crippen molar-refractivity contribution < 1.29 is 4.74 Å². The lowest BCUT2D eigenvalue weighted by Crippen LogP contribution is -2.22. The maximum atomic E-state index is 5.59. The summed E-state index contributed by atoms with van der Waals surface area (Å²) in [6.07, 6.45) is 3.69. The van der Waals surface area contributed by atoms with Crippen LogP contribution in [0.3, 0.4) is 0 Å². The summed E-state index contributed by atoms with van der Waals surface area (Å²) in [5.41, 5.74) is 0.624. The second-order valence-corrected chi connectivity index (χ2v) is 4.45. The maximum Gasteiger partial charge on any atom is 0.233 e. The standard InChI is InChI=1S/C11H16N6O/c1-2-7-16(6-1)8-3-9-18-11-5-4-10-12-14-15-17(10)13-11/h4-5H,1-3,6-9H2. The quantitative estimate of drug-likeness (QED) is 0.713. The molecule has 0 radical (unpaired) electrons. The molecule has 96 valence electrons. The van der Waals surface area contributed by atoms with Gasteiger partial charge < -0.3 is 9.64 Å². The lowest BCUT2D eigenvalue weighted by molar-refractivity contribution is 0.254. The van der Waals surface area contributed by atoms with E-state index in [9.17, 15) is 0 Å². The van der Waals surface area contributed by atoms with Crippen LogP contribution in [-0.2, 0) is 0 Å². The Hall–Kier alpha value is -1.76. The predicted octanol–water partition coefficient (Wildman–Crippen LogP) is 0.384. The van der Waals surface area contributed by atoms with Crippen molar-refractivity contribution in [2.24, 2.45) is 0 Å². The van der Waals surface area contributed by atoms with Crippen LogP contribution in [0.4, 0.5) is 0 Å². The van der Waals surface area contributed by atoms with Crippen molar-refractivity contribution in [2.75, 3.05) is 26.2 Å². The molecule has 0 spiro atoms. The highest BCUT2D eigenvalue weighted by Gasteiger charge is 2.10. The number of likely N-dealkylation sites (tertiary alicyclic amines) is 1. The number of ether oxygens (including phenoxy) is 1. The fourth-order valence-corrected chi connectivity index (χ4v) is 2.18. The van der Waals surface area contributed by atoms with Crippen molar-refractivity contribution in [1.82, 2.24) is 30.2 Å². The van der Waals surface area contributed by atoms with E-state index in [4.69, 9.17) is 4.74 Å². The SMILES string of the molecule is c1cc2nnnn2nc1OCCCN1CCCC1. The molecule has 7 heteroatoms. The van der Waals surface area contributed by atoms with Crippen LogP contribution in [0.15, 0.2) is 12.1 Å². The van der Waals surface area contributed by atoms with Gasteiger partial charge in [0.1, 0.15) is 0 Å². The lowest BCUT2D eigenvalue weighted by Gasteiger charge is -2.13. The number of hydrogen-bond donors (Lipinski definition) is 0. The van der Waals surface area contributed by atoms with E-state index in [-0.39, 0.29) is 0 Å². The number of hydrogen-bond acceptors (Lipinski definition) is 6. The van der Waals surface area contributed by atoms with Crippen LogP contribution < -0.4 is 4.74 Å². The lowest BCUT2D eigenvalue weighted by atomic mass is 10.4. The smallest absolute Gasteiger partial charge is 0.233 e. The summed E-state index contributed by atoms with van der Waals surface area (Å²) in [5, 5.41) is 15.2. The fraction of sp³-hybridized carbons (Fsp3) is 0.636. The number of aromatic nitrogens is 5. The van der Waals surface area contributed by atoms with Gasteiger partial charge in [-0.25, -0.2) is 0 Å². The minimum absolute atomic E-state index is 0.566. The number of nitrogens with zero attached hydrogens (tertiary/aromatic N) is 6. The zero-order valence-electron chi connectivity index (χ0n) is 10.2. The monoisotopic (exact) mass is 248 g/mol. The Morgan fingerprint density at radius 1 is 1.22 bits per heavy atom. The van der Waals surface area contributed by atoms with Gasteiger partial charge in [-0.2, -0.15) is 0 Å². The highest BCUT2D eigenvalue weighted by atomic mass is 16.5. The summed E-state index contributed by atoms with van der Waals surface area (Å²) in [6.45, 7) is 4.24. The van der Waals surface area contributed by atoms with Crippen LogP contribution >= 0.6 is 0 Å². The van der Waals surface area contributed by atoms with E-state index >= 15 is 0 Å². The Labute approximate surface area is 105 Å². The average molecular weight is 248 g/mol. The minimum Gasteiger partial charge on any atom is -0.477 e. The van der Waals surface area contributed by atoms with Crippen molar-refractivity contribution in [1.29, 1.82) is 0 Å². The molecular formula is C11H16N6O. The van der Waals surface area contributed by atoms with Crippen LogP contribution in [0.25, 0.3) is 5.65 Å². The fourth-order valence-electron chi connectivity index (χ4n) is 2.18. The second kappa shape index (κ2) is 5.26. The van der Waals surface area contributed by atoms with Gasteiger partial charge in [-0.3, -0.25) is 0 Å². The van der Waals surface area contributed by atoms with Crippen LogP contribution in [0, 0.1) is 0 Å². The number of rotatable bonds is 5. The Morgan fingerprint density at radius 3 is 3.00 bits per heavy atom. The summed E-state index contributed by atoms with van der Waals surface area (Å²) in [6, 6.07) is 3.59. The average Bonchev–Trinajstić information content (AvgIpc) is 3.05. The Bertz CT molecular complexity index is 507. The molecule has 1 aliphatic heterocycles. The van der Waals surface area contributed by atoms with Crippen LogP contribution in [0.2, 0.25) is 0 Å². The molecule has 1 fully saturated rings. The molecule has 0 aliphatic carbocycles. The summed E-state index contributed by atoms with van der Waals surface area (Å²) < 4.78 is 6.96. The normalized spacial score (nSPS) is 16.4. The molecule has 3 rings (SSSR count). The first-order valence-corrected chi connectivity index (χ1v) is 6.32. The molecule has 0 bridgehead atoms. The molecule has 0 aromatic carbocycles. The van der Waals surface area contributed by atoms with E-state index in [1.54, 1.807) is 12.1 Å². The van der Waals surface area contributed by atoms with E-state index in [2.05, 4.69) is 25.5 Å². The van der Waals surface area contributed by atoms with Gasteiger partial charge in [0, 0.05) is 12.6 Å². The largest absolute Gasteiger partial charge is 0.477 e. The minimum atomic E-state index is 0.566. The second-order valence-electron chi connectivity index (χ2n) is 4.45. The van der Waals surface area contributed by atoms with Gasteiger partial charge in [0.15, 0.2) is 5.65 Å². The molecule has 0 amide bonds. The topological polar surface area (TPSA) is 68.4 Å². The first kappa shape index (κ1) is 11.3. The molecule has 0 saturated carbocycles. The Balaban J connectivity index is 1.47. The zero-order valence-corrected chi connectivity index (χ0v) is 10.2. The van der Waals surface area contributed by atoms with Crippen molar-refractivity contribution in [3.05, 3.63) is 12.1 Å². The molecule has 7 nitrogen and oxygen atoms in total. The third-order valence-electron chi connectivity index (χ3n) is 3.11. The Kier molecular flexibility index (Phi) is 3.31. The highest BCUT2D eigenvalue weighted by Crippen LogP contribution is 2.09. The van der Waals surface area contributed by atoms with Gasteiger partial charge in [-0.15, -0.1) is 14.8 Å². The van der Waals surface area contributed by atoms with Crippen LogP contribution in [-0.4, -0.2) is 56.4 Å². The van der Waals surface area contributed by atoms with Crippen LogP contribution in [0.5, 0.6) is 5.88 Å². The van der Waals surface area contributed by atoms with Gasteiger partial charge in [-0.1, -0.05) is 0 Å². The maximum absolute atomic E-state index is 5.59. The molecule has 0 N–H and O–H groups in total. The summed E-state index contributed by atoms with van der Waals surface area (Å²) in [4.78, 5) is 2.47. The first-order chi connectivity index (χ1) is 8.92. The third kappa shape index (κ3) is 2.56. The molecule has 18 heavy (non-hydrogen) atoms. The molecule has 3 heterocycles. The van der Waals surface area contributed by atoms with E-state index < -0.39 is 0 Å². The third-order valence-corrected chi connectivity index (χ3v) is 3.11. The molecule has 0 atom stereocenters. The van der Waals surface area contributed by atoms with E-state index in [1.807, 2.05) is 0 Å². The van der Waals surface area contributed by atoms with E-state index in [0.29, 0.717) is 18.1 Å². The molecule has 1 aliphatic rings. The highest BCUT2D eigenvalue weighted by molar-refractivity contribution is 5.34. The van der Waals surface area contributed by atoms with E-state index in [0.717, 1.165) is 13.0 Å². The molecule has 0 unspecified atom stereocenters. The number of fused-ring (bicyclic) bond motifs is 1. The number of tetrazole rings is 1. The van der Waals surface area contributed by atoms with Crippen molar-refractivity contribution in [3.8, 4) is 5.88 Å². The van der Waals surface area contributed by atoms with E-state index in [1.165, 1.54) is 30.6 Å². The molecular weight excluding hydrogens is 232 g/mol. The van der Waals surface area contributed by atoms with Gasteiger partial charge in [0.25, 0.3) is 0 Å². The van der Waals surface area contributed by atoms with Crippen molar-refractivity contribution in [2.45, 2.75) is 19.3 Å². The summed E-state index contributed by atoms with van der Waals surface area (Å²) in [5.74, 6) is 0.566. The summed E-state index contributed by atoms with van der Waals surface area (Å²) >= 11 is 0. The first-order valence-electron chi connectivity index (χ1n) is 6.32. The van der Waals surface area contributed by atoms with Gasteiger partial charge in [0.2, 0.25) is 5.88 Å². The van der Waals surface area contributed by atoms with Crippen molar-refractivity contribution in [3.63, 3.8) is 0 Å². The molecule has 1 saturated heterocycles. The Morgan fingerprint density at radius 2 is 2.11 bits per heavy atom.